The van der Waals surface area contributed by atoms with Gasteiger partial charge in [0.15, 0.2) is 0 Å². The number of nitrogens with zero attached hydrogens (tertiary/aromatic N) is 3. The molecule has 0 aliphatic carbocycles. The number of halogens is 1. The number of nitriles is 2. The van der Waals surface area contributed by atoms with Crippen LogP contribution in [0.15, 0.2) is 34.8 Å². The highest BCUT2D eigenvalue weighted by atomic mass is 79.9. The average Bonchev–Trinajstić information content (AvgIpc) is 2.41. The lowest BCUT2D eigenvalue weighted by Crippen LogP contribution is -2.24. The van der Waals surface area contributed by atoms with Crippen molar-refractivity contribution < 1.29 is 0 Å². The summed E-state index contributed by atoms with van der Waals surface area (Å²) in [7, 11) is 0. The largest absolute Gasteiger partial charge is 0.297 e. The van der Waals surface area contributed by atoms with Crippen molar-refractivity contribution >= 4 is 15.9 Å². The molecule has 1 aromatic heterocycles. The lowest BCUT2D eigenvalue weighted by Gasteiger charge is -2.13. The van der Waals surface area contributed by atoms with Crippen LogP contribution in [0, 0.1) is 35.0 Å². The molecule has 4 nitrogen and oxygen atoms in total. The zero-order chi connectivity index (χ0) is 14.0. The summed E-state index contributed by atoms with van der Waals surface area (Å²) < 4.78 is 2.53. The van der Waals surface area contributed by atoms with Crippen LogP contribution in [0.4, 0.5) is 0 Å². The van der Waals surface area contributed by atoms with Crippen LogP contribution >= 0.6 is 15.9 Å². The van der Waals surface area contributed by atoms with Gasteiger partial charge in [0.2, 0.25) is 0 Å². The summed E-state index contributed by atoms with van der Waals surface area (Å²) >= 11 is 3.35. The molecule has 0 saturated heterocycles. The van der Waals surface area contributed by atoms with Crippen molar-refractivity contribution in [1.82, 2.24) is 4.57 Å². The quantitative estimate of drug-likeness (QED) is 0.879. The van der Waals surface area contributed by atoms with Gasteiger partial charge in [0.25, 0.3) is 0 Å². The van der Waals surface area contributed by atoms with Crippen LogP contribution in [0.25, 0.3) is 5.69 Å². The van der Waals surface area contributed by atoms with Gasteiger partial charge in [-0.2, -0.15) is 10.5 Å². The average molecular weight is 313 g/mol. The van der Waals surface area contributed by atoms with Crippen LogP contribution in [0.2, 0.25) is 0 Å². The van der Waals surface area contributed by atoms with Gasteiger partial charge in [-0.15, -0.1) is 0 Å². The summed E-state index contributed by atoms with van der Waals surface area (Å²) in [5.74, 6) is 0. The minimum atomic E-state index is 0.0846. The van der Waals surface area contributed by atoms with Gasteiger partial charge >= 0.3 is 0 Å². The smallest absolute Gasteiger partial charge is 0.147 e. The van der Waals surface area contributed by atoms with Gasteiger partial charge in [-0.25, -0.2) is 0 Å². The van der Waals surface area contributed by atoms with E-state index < -0.39 is 0 Å². The first-order chi connectivity index (χ1) is 9.08. The zero-order valence-electron chi connectivity index (χ0n) is 10.1. The molecule has 0 unspecified atom stereocenters. The molecule has 2 rings (SSSR count). The maximum absolute atomic E-state index is 9.10. The molecule has 0 saturated carbocycles. The fraction of sp³-hybridized carbons (Fsp3) is 0.0714. The van der Waals surface area contributed by atoms with Gasteiger partial charge in [0, 0.05) is 15.9 Å². The molecule has 0 fully saturated rings. The van der Waals surface area contributed by atoms with Crippen molar-refractivity contribution in [1.29, 1.82) is 15.9 Å². The molecule has 0 aliphatic heterocycles. The highest BCUT2D eigenvalue weighted by molar-refractivity contribution is 9.10. The maximum Gasteiger partial charge on any atom is 0.147 e. The Bertz CT molecular complexity index is 773. The van der Waals surface area contributed by atoms with Crippen molar-refractivity contribution in [3.63, 3.8) is 0 Å². The lowest BCUT2D eigenvalue weighted by molar-refractivity contribution is 0.871. The third-order valence-corrected chi connectivity index (χ3v) is 3.35. The molecular weight excluding hydrogens is 304 g/mol. The summed E-state index contributed by atoms with van der Waals surface area (Å²) in [6.45, 7) is 1.76. The molecule has 1 heterocycles. The first-order valence-electron chi connectivity index (χ1n) is 5.46. The first-order valence-corrected chi connectivity index (χ1v) is 6.25. The standard InChI is InChI=1S/C14H9BrN4/c1-9-10(7-16)6-11(8-17)14(18)19(9)13-4-2-12(15)3-5-13/h2-6,18H,1H3. The van der Waals surface area contributed by atoms with Gasteiger partial charge in [-0.05, 0) is 37.3 Å². The fourth-order valence-corrected chi connectivity index (χ4v) is 2.10. The zero-order valence-corrected chi connectivity index (χ0v) is 11.7. The Morgan fingerprint density at radius 1 is 1.11 bits per heavy atom. The number of pyridine rings is 1. The van der Waals surface area contributed by atoms with E-state index in [0.717, 1.165) is 10.2 Å². The Kier molecular flexibility index (Phi) is 3.50. The number of hydrogen-bond acceptors (Lipinski definition) is 3. The van der Waals surface area contributed by atoms with Crippen molar-refractivity contribution in [2.75, 3.05) is 0 Å². The van der Waals surface area contributed by atoms with Crippen LogP contribution < -0.4 is 5.49 Å². The van der Waals surface area contributed by atoms with Crippen LogP contribution in [0.5, 0.6) is 0 Å². The van der Waals surface area contributed by atoms with Gasteiger partial charge in [-0.1, -0.05) is 15.9 Å². The van der Waals surface area contributed by atoms with Crippen LogP contribution in [0.1, 0.15) is 16.8 Å². The molecule has 0 bridgehead atoms. The first kappa shape index (κ1) is 13.1. The van der Waals surface area contributed by atoms with E-state index in [2.05, 4.69) is 22.0 Å². The van der Waals surface area contributed by atoms with E-state index in [0.29, 0.717) is 11.3 Å². The van der Waals surface area contributed by atoms with Crippen LogP contribution in [0.3, 0.4) is 0 Å². The molecule has 92 valence electrons. The van der Waals surface area contributed by atoms with E-state index in [1.807, 2.05) is 30.3 Å². The monoisotopic (exact) mass is 312 g/mol. The van der Waals surface area contributed by atoms with Gasteiger partial charge in [0.05, 0.1) is 11.1 Å². The normalized spacial score (nSPS) is 9.68. The Morgan fingerprint density at radius 3 is 2.21 bits per heavy atom. The maximum atomic E-state index is 9.10. The summed E-state index contributed by atoms with van der Waals surface area (Å²) in [4.78, 5) is 0. The van der Waals surface area contributed by atoms with Crippen LogP contribution in [-0.4, -0.2) is 4.57 Å². The van der Waals surface area contributed by atoms with Crippen molar-refractivity contribution in [2.45, 2.75) is 6.92 Å². The third kappa shape index (κ3) is 2.29. The Hall–Kier alpha value is -2.37. The molecule has 0 amide bonds. The molecule has 2 aromatic rings. The van der Waals surface area contributed by atoms with Gasteiger partial charge in [0.1, 0.15) is 17.6 Å². The van der Waals surface area contributed by atoms with Crippen molar-refractivity contribution in [3.05, 3.63) is 57.1 Å². The summed E-state index contributed by atoms with van der Waals surface area (Å²) in [5.41, 5.74) is 2.06. The minimum absolute atomic E-state index is 0.0846. The Balaban J connectivity index is 2.84. The topological polar surface area (TPSA) is 76.4 Å². The number of nitrogens with one attached hydrogen (secondary N) is 1. The van der Waals surface area contributed by atoms with E-state index in [1.54, 1.807) is 11.5 Å². The summed E-state index contributed by atoms with van der Waals surface area (Å²) in [5, 5.41) is 26.2. The van der Waals surface area contributed by atoms with Gasteiger partial charge in [-0.3, -0.25) is 9.98 Å². The lowest BCUT2D eigenvalue weighted by atomic mass is 10.1. The summed E-state index contributed by atoms with van der Waals surface area (Å²) in [6, 6.07) is 12.8. The van der Waals surface area contributed by atoms with E-state index in [9.17, 15) is 0 Å². The second-order valence-corrected chi connectivity index (χ2v) is 4.86. The fourth-order valence-electron chi connectivity index (χ4n) is 1.84. The van der Waals surface area contributed by atoms with Crippen LogP contribution in [-0.2, 0) is 0 Å². The predicted molar refractivity (Wildman–Crippen MR) is 73.5 cm³/mol. The number of benzene rings is 1. The number of rotatable bonds is 1. The Labute approximate surface area is 118 Å². The molecule has 0 radical (unpaired) electrons. The van der Waals surface area contributed by atoms with E-state index >= 15 is 0 Å². The Morgan fingerprint density at radius 2 is 1.68 bits per heavy atom. The molecule has 0 aliphatic rings. The summed E-state index contributed by atoms with van der Waals surface area (Å²) in [6.07, 6.45) is 0. The molecule has 0 spiro atoms. The number of aromatic nitrogens is 1. The molecule has 1 N–H and O–H groups in total. The minimum Gasteiger partial charge on any atom is -0.297 e. The molecule has 0 atom stereocenters. The molecular formula is C14H9BrN4. The predicted octanol–water partition coefficient (Wildman–Crippen LogP) is 2.77. The van der Waals surface area contributed by atoms with Crippen molar-refractivity contribution in [3.8, 4) is 17.8 Å². The van der Waals surface area contributed by atoms with E-state index in [1.165, 1.54) is 6.07 Å². The third-order valence-electron chi connectivity index (χ3n) is 2.82. The van der Waals surface area contributed by atoms with Crippen molar-refractivity contribution in [2.24, 2.45) is 0 Å². The van der Waals surface area contributed by atoms with Gasteiger partial charge < -0.3 is 0 Å². The molecule has 1 aromatic carbocycles. The number of hydrogen-bond donors (Lipinski definition) is 1. The van der Waals surface area contributed by atoms with E-state index in [-0.39, 0.29) is 11.1 Å². The highest BCUT2D eigenvalue weighted by Gasteiger charge is 2.10. The SMILES string of the molecule is Cc1c(C#N)cc(C#N)c(=N)n1-c1ccc(Br)cc1. The highest BCUT2D eigenvalue weighted by Crippen LogP contribution is 2.16. The molecule has 5 heteroatoms. The second kappa shape index (κ2) is 5.09. The molecule has 19 heavy (non-hydrogen) atoms. The second-order valence-electron chi connectivity index (χ2n) is 3.94. The van der Waals surface area contributed by atoms with E-state index in [4.69, 9.17) is 15.9 Å².